The third-order valence-corrected chi connectivity index (χ3v) is 3.68. The molecule has 0 aromatic heterocycles. The Labute approximate surface area is 156 Å². The molecule has 0 saturated carbocycles. The fourth-order valence-electron chi connectivity index (χ4n) is 2.46. The zero-order valence-corrected chi connectivity index (χ0v) is 14.6. The summed E-state index contributed by atoms with van der Waals surface area (Å²) in [6.07, 6.45) is 3.96. The largest absolute Gasteiger partial charge is 0.490 e. The number of primary amides is 1. The molecule has 0 atom stereocenters. The first-order valence-electron chi connectivity index (χ1n) is 8.50. The van der Waals surface area contributed by atoms with Crippen LogP contribution in [-0.4, -0.2) is 31.6 Å². The summed E-state index contributed by atoms with van der Waals surface area (Å²) in [5.74, 6) is 0.964. The Hall–Kier alpha value is -3.48. The Morgan fingerprint density at radius 2 is 1.93 bits per heavy atom. The van der Waals surface area contributed by atoms with Crippen LogP contribution in [0.25, 0.3) is 6.08 Å². The lowest BCUT2D eigenvalue weighted by Gasteiger charge is -2.08. The van der Waals surface area contributed by atoms with Crippen LogP contribution in [0.15, 0.2) is 48.5 Å². The number of fused-ring (bicyclic) bond motifs is 1. The number of hydrogen-bond donors (Lipinski definition) is 2. The average Bonchev–Trinajstić information content (AvgIpc) is 2.90. The molecule has 1 heterocycles. The first kappa shape index (κ1) is 18.3. The molecule has 140 valence electrons. The van der Waals surface area contributed by atoms with Crippen LogP contribution < -0.4 is 25.3 Å². The van der Waals surface area contributed by atoms with Crippen molar-refractivity contribution in [2.75, 3.05) is 25.1 Å². The van der Waals surface area contributed by atoms with E-state index < -0.39 is 5.91 Å². The van der Waals surface area contributed by atoms with Crippen molar-refractivity contribution < 1.29 is 23.8 Å². The third kappa shape index (κ3) is 5.50. The highest BCUT2D eigenvalue weighted by atomic mass is 16.5. The maximum atomic E-state index is 12.1. The minimum Gasteiger partial charge on any atom is -0.490 e. The van der Waals surface area contributed by atoms with E-state index in [1.165, 1.54) is 6.08 Å². The number of carbonyl (C=O) groups is 2. The van der Waals surface area contributed by atoms with Crippen LogP contribution in [0.3, 0.4) is 0 Å². The fourth-order valence-corrected chi connectivity index (χ4v) is 2.46. The van der Waals surface area contributed by atoms with Gasteiger partial charge >= 0.3 is 0 Å². The van der Waals surface area contributed by atoms with Gasteiger partial charge in [0.25, 0.3) is 5.91 Å². The molecule has 3 N–H and O–H groups in total. The standard InChI is InChI=1S/C20H20N2O5/c21-19(23)13-27-16-4-1-3-15(12-16)22-20(24)8-6-14-5-7-17-18(11-14)26-10-2-9-25-17/h1,3-8,11-12H,2,9-10,13H2,(H2,21,23)(H,22,24)/b8-6+. The number of rotatable bonds is 6. The van der Waals surface area contributed by atoms with Gasteiger partial charge in [-0.25, -0.2) is 0 Å². The summed E-state index contributed by atoms with van der Waals surface area (Å²) in [4.78, 5) is 22.9. The predicted molar refractivity (Wildman–Crippen MR) is 101 cm³/mol. The van der Waals surface area contributed by atoms with Crippen molar-refractivity contribution >= 4 is 23.6 Å². The van der Waals surface area contributed by atoms with Crippen LogP contribution in [0.4, 0.5) is 5.69 Å². The summed E-state index contributed by atoms with van der Waals surface area (Å²) >= 11 is 0. The van der Waals surface area contributed by atoms with Gasteiger partial charge in [-0.1, -0.05) is 12.1 Å². The van der Waals surface area contributed by atoms with E-state index in [0.717, 1.165) is 12.0 Å². The highest BCUT2D eigenvalue weighted by Gasteiger charge is 2.10. The minimum absolute atomic E-state index is 0.221. The van der Waals surface area contributed by atoms with Crippen molar-refractivity contribution in [3.05, 3.63) is 54.1 Å². The molecule has 2 aromatic rings. The summed E-state index contributed by atoms with van der Waals surface area (Å²) in [6.45, 7) is 1.02. The van der Waals surface area contributed by atoms with Crippen LogP contribution in [0.1, 0.15) is 12.0 Å². The van der Waals surface area contributed by atoms with Crippen molar-refractivity contribution in [1.29, 1.82) is 0 Å². The molecule has 0 spiro atoms. The van der Waals surface area contributed by atoms with Gasteiger partial charge in [-0.15, -0.1) is 0 Å². The molecule has 0 unspecified atom stereocenters. The topological polar surface area (TPSA) is 99.9 Å². The fraction of sp³-hybridized carbons (Fsp3) is 0.200. The Bertz CT molecular complexity index is 863. The van der Waals surface area contributed by atoms with Crippen molar-refractivity contribution in [2.24, 2.45) is 5.73 Å². The van der Waals surface area contributed by atoms with Crippen LogP contribution >= 0.6 is 0 Å². The summed E-state index contributed by atoms with van der Waals surface area (Å²) in [6, 6.07) is 12.2. The van der Waals surface area contributed by atoms with Gasteiger partial charge in [-0.3, -0.25) is 9.59 Å². The first-order valence-corrected chi connectivity index (χ1v) is 8.50. The zero-order chi connectivity index (χ0) is 19.1. The lowest BCUT2D eigenvalue weighted by Crippen LogP contribution is -2.20. The van der Waals surface area contributed by atoms with Gasteiger partial charge in [-0.2, -0.15) is 0 Å². The Balaban J connectivity index is 1.61. The number of nitrogens with two attached hydrogens (primary N) is 1. The van der Waals surface area contributed by atoms with Crippen LogP contribution in [0, 0.1) is 0 Å². The highest BCUT2D eigenvalue weighted by molar-refractivity contribution is 6.02. The molecule has 0 radical (unpaired) electrons. The Morgan fingerprint density at radius 3 is 2.74 bits per heavy atom. The summed E-state index contributed by atoms with van der Waals surface area (Å²) in [7, 11) is 0. The summed E-state index contributed by atoms with van der Waals surface area (Å²) in [5.41, 5.74) is 6.42. The van der Waals surface area contributed by atoms with Gasteiger partial charge in [-0.05, 0) is 35.9 Å². The molecule has 3 rings (SSSR count). The number of benzene rings is 2. The van der Waals surface area contributed by atoms with Gasteiger partial charge in [0.2, 0.25) is 5.91 Å². The minimum atomic E-state index is -0.567. The normalized spacial score (nSPS) is 13.0. The second-order valence-electron chi connectivity index (χ2n) is 5.86. The van der Waals surface area contributed by atoms with E-state index in [4.69, 9.17) is 19.9 Å². The highest BCUT2D eigenvalue weighted by Crippen LogP contribution is 2.30. The maximum absolute atomic E-state index is 12.1. The van der Waals surface area contributed by atoms with Gasteiger partial charge < -0.3 is 25.3 Å². The van der Waals surface area contributed by atoms with Gasteiger partial charge in [0, 0.05) is 24.3 Å². The molecule has 7 heteroatoms. The monoisotopic (exact) mass is 368 g/mol. The van der Waals surface area contributed by atoms with Crippen LogP contribution in [0.5, 0.6) is 17.2 Å². The first-order chi connectivity index (χ1) is 13.1. The van der Waals surface area contributed by atoms with Gasteiger partial charge in [0.05, 0.1) is 13.2 Å². The lowest BCUT2D eigenvalue weighted by molar-refractivity contribution is -0.120. The number of anilines is 1. The van der Waals surface area contributed by atoms with E-state index in [9.17, 15) is 9.59 Å². The molecule has 2 aromatic carbocycles. The molecule has 0 saturated heterocycles. The predicted octanol–water partition coefficient (Wildman–Crippen LogP) is 2.36. The zero-order valence-electron chi connectivity index (χ0n) is 14.6. The van der Waals surface area contributed by atoms with E-state index >= 15 is 0 Å². The van der Waals surface area contributed by atoms with Crippen molar-refractivity contribution in [3.63, 3.8) is 0 Å². The van der Waals surface area contributed by atoms with Crippen molar-refractivity contribution in [1.82, 2.24) is 0 Å². The molecule has 0 aliphatic carbocycles. The number of hydrogen-bond acceptors (Lipinski definition) is 5. The summed E-state index contributed by atoms with van der Waals surface area (Å²) in [5, 5.41) is 2.73. The average molecular weight is 368 g/mol. The Kier molecular flexibility index (Phi) is 5.94. The van der Waals surface area contributed by atoms with Crippen molar-refractivity contribution in [2.45, 2.75) is 6.42 Å². The Morgan fingerprint density at radius 1 is 1.11 bits per heavy atom. The molecule has 0 fully saturated rings. The van der Waals surface area contributed by atoms with Crippen LogP contribution in [-0.2, 0) is 9.59 Å². The smallest absolute Gasteiger partial charge is 0.255 e. The summed E-state index contributed by atoms with van der Waals surface area (Å²) < 4.78 is 16.4. The van der Waals surface area contributed by atoms with Crippen LogP contribution in [0.2, 0.25) is 0 Å². The maximum Gasteiger partial charge on any atom is 0.255 e. The number of ether oxygens (including phenoxy) is 3. The molecule has 7 nitrogen and oxygen atoms in total. The van der Waals surface area contributed by atoms with Gasteiger partial charge in [0.1, 0.15) is 5.75 Å². The molecule has 2 amide bonds. The lowest BCUT2D eigenvalue weighted by atomic mass is 10.2. The molecular weight excluding hydrogens is 348 g/mol. The molecule has 0 bridgehead atoms. The van der Waals surface area contributed by atoms with E-state index in [2.05, 4.69) is 5.32 Å². The molecule has 27 heavy (non-hydrogen) atoms. The molecule has 1 aliphatic rings. The molecular formula is C20H20N2O5. The number of carbonyl (C=O) groups excluding carboxylic acids is 2. The number of amides is 2. The SMILES string of the molecule is NC(=O)COc1cccc(NC(=O)/C=C/c2ccc3c(c2)OCCCO3)c1. The quantitative estimate of drug-likeness (QED) is 0.763. The number of nitrogens with one attached hydrogen (secondary N) is 1. The third-order valence-electron chi connectivity index (χ3n) is 3.68. The van der Waals surface area contributed by atoms with E-state index in [0.29, 0.717) is 36.1 Å². The van der Waals surface area contributed by atoms with E-state index in [1.54, 1.807) is 30.3 Å². The molecule has 1 aliphatic heterocycles. The van der Waals surface area contributed by atoms with E-state index in [1.807, 2.05) is 18.2 Å². The second kappa shape index (κ2) is 8.75. The second-order valence-corrected chi connectivity index (χ2v) is 5.86. The van der Waals surface area contributed by atoms with Crippen molar-refractivity contribution in [3.8, 4) is 17.2 Å². The van der Waals surface area contributed by atoms with E-state index in [-0.39, 0.29) is 12.5 Å². The van der Waals surface area contributed by atoms with Gasteiger partial charge in [0.15, 0.2) is 18.1 Å².